The van der Waals surface area contributed by atoms with Crippen molar-refractivity contribution in [1.29, 1.82) is 0 Å². The molecule has 0 unspecified atom stereocenters. The SMILES string of the molecule is Cc1cccc(/C=N/Nc2cc(N3CCOCC3)nc(OCCc3cccc[n+]3[O-])n2)c1. The fourth-order valence-corrected chi connectivity index (χ4v) is 3.32. The second-order valence-electron chi connectivity index (χ2n) is 7.39. The van der Waals surface area contributed by atoms with Crippen LogP contribution >= 0.6 is 0 Å². The van der Waals surface area contributed by atoms with E-state index < -0.39 is 0 Å². The molecule has 4 rings (SSSR count). The number of hydrogen-bond donors (Lipinski definition) is 1. The zero-order valence-corrected chi connectivity index (χ0v) is 18.0. The monoisotopic (exact) mass is 434 g/mol. The number of hydrogen-bond acceptors (Lipinski definition) is 8. The van der Waals surface area contributed by atoms with Crippen molar-refractivity contribution in [2.45, 2.75) is 13.3 Å². The highest BCUT2D eigenvalue weighted by Crippen LogP contribution is 2.20. The number of nitrogens with one attached hydrogen (secondary N) is 1. The molecule has 0 bridgehead atoms. The first kappa shape index (κ1) is 21.5. The molecular weight excluding hydrogens is 408 g/mol. The maximum atomic E-state index is 11.8. The van der Waals surface area contributed by atoms with Gasteiger partial charge in [-0.3, -0.25) is 5.43 Å². The van der Waals surface area contributed by atoms with Crippen LogP contribution in [-0.4, -0.2) is 49.1 Å². The third kappa shape index (κ3) is 5.92. The van der Waals surface area contributed by atoms with Gasteiger partial charge in [-0.25, -0.2) is 0 Å². The van der Waals surface area contributed by atoms with Gasteiger partial charge in [0, 0.05) is 31.3 Å². The quantitative estimate of drug-likeness (QED) is 0.251. The number of morpholine rings is 1. The standard InChI is InChI=1S/C23H26N6O3/c1-18-5-4-6-19(15-18)17-24-27-21-16-22(28-10-13-31-14-11-28)26-23(25-21)32-12-8-20-7-2-3-9-29(20)30/h2-7,9,15-17H,8,10-14H2,1H3,(H,25,26,27)/b24-17+. The minimum Gasteiger partial charge on any atom is -0.619 e. The summed E-state index contributed by atoms with van der Waals surface area (Å²) in [4.78, 5) is 11.1. The van der Waals surface area contributed by atoms with Crippen LogP contribution in [0.1, 0.15) is 16.8 Å². The fraction of sp³-hybridized carbons (Fsp3) is 0.304. The molecule has 1 aliphatic heterocycles. The van der Waals surface area contributed by atoms with E-state index in [2.05, 4.69) is 25.4 Å². The van der Waals surface area contributed by atoms with E-state index in [1.54, 1.807) is 18.3 Å². The van der Waals surface area contributed by atoms with E-state index in [0.29, 0.717) is 31.1 Å². The lowest BCUT2D eigenvalue weighted by molar-refractivity contribution is -0.614. The molecule has 166 valence electrons. The van der Waals surface area contributed by atoms with Gasteiger partial charge in [0.2, 0.25) is 0 Å². The minimum absolute atomic E-state index is 0.232. The van der Waals surface area contributed by atoms with Crippen molar-refractivity contribution in [3.05, 3.63) is 76.8 Å². The Morgan fingerprint density at radius 2 is 2.06 bits per heavy atom. The van der Waals surface area contributed by atoms with Crippen molar-refractivity contribution < 1.29 is 14.2 Å². The van der Waals surface area contributed by atoms with Crippen LogP contribution in [-0.2, 0) is 11.2 Å². The maximum Gasteiger partial charge on any atom is 0.320 e. The smallest absolute Gasteiger partial charge is 0.320 e. The van der Waals surface area contributed by atoms with Gasteiger partial charge in [0.1, 0.15) is 12.4 Å². The number of aromatic nitrogens is 3. The molecule has 0 saturated carbocycles. The van der Waals surface area contributed by atoms with Crippen LogP contribution in [0.25, 0.3) is 0 Å². The van der Waals surface area contributed by atoms with Crippen LogP contribution in [0.3, 0.4) is 0 Å². The van der Waals surface area contributed by atoms with E-state index in [9.17, 15) is 5.21 Å². The molecule has 1 fully saturated rings. The van der Waals surface area contributed by atoms with Crippen molar-refractivity contribution in [1.82, 2.24) is 9.97 Å². The number of aryl methyl sites for hydroxylation is 1. The molecule has 2 aromatic heterocycles. The second kappa shape index (κ2) is 10.5. The van der Waals surface area contributed by atoms with Gasteiger partial charge in [-0.05, 0) is 12.5 Å². The highest BCUT2D eigenvalue weighted by Gasteiger charge is 2.16. The largest absolute Gasteiger partial charge is 0.619 e. The lowest BCUT2D eigenvalue weighted by Gasteiger charge is -2.28. The highest BCUT2D eigenvalue weighted by molar-refractivity contribution is 5.80. The Balaban J connectivity index is 1.47. The highest BCUT2D eigenvalue weighted by atomic mass is 16.5. The fourth-order valence-electron chi connectivity index (χ4n) is 3.32. The number of anilines is 2. The number of ether oxygens (including phenoxy) is 2. The summed E-state index contributed by atoms with van der Waals surface area (Å²) in [6.07, 6.45) is 3.66. The Kier molecular flexibility index (Phi) is 7.08. The second-order valence-corrected chi connectivity index (χ2v) is 7.39. The van der Waals surface area contributed by atoms with Gasteiger partial charge in [0.15, 0.2) is 17.7 Å². The molecule has 0 aliphatic carbocycles. The van der Waals surface area contributed by atoms with Crippen LogP contribution in [0.5, 0.6) is 6.01 Å². The summed E-state index contributed by atoms with van der Waals surface area (Å²) in [5.74, 6) is 1.27. The van der Waals surface area contributed by atoms with Gasteiger partial charge in [0.05, 0.1) is 25.8 Å². The van der Waals surface area contributed by atoms with Gasteiger partial charge in [-0.1, -0.05) is 35.9 Å². The molecule has 1 aromatic carbocycles. The van der Waals surface area contributed by atoms with Crippen molar-refractivity contribution in [2.75, 3.05) is 43.2 Å². The van der Waals surface area contributed by atoms with E-state index >= 15 is 0 Å². The Labute approximate surface area is 186 Å². The number of rotatable bonds is 8. The van der Waals surface area contributed by atoms with E-state index in [4.69, 9.17) is 9.47 Å². The Hall–Kier alpha value is -3.72. The average Bonchev–Trinajstić information content (AvgIpc) is 2.81. The first-order valence-corrected chi connectivity index (χ1v) is 10.5. The Morgan fingerprint density at radius 1 is 1.19 bits per heavy atom. The van der Waals surface area contributed by atoms with Crippen LogP contribution in [0.2, 0.25) is 0 Å². The van der Waals surface area contributed by atoms with Gasteiger partial charge in [-0.15, -0.1) is 0 Å². The van der Waals surface area contributed by atoms with E-state index in [1.807, 2.05) is 43.3 Å². The van der Waals surface area contributed by atoms with Crippen LogP contribution in [0, 0.1) is 12.1 Å². The van der Waals surface area contributed by atoms with Crippen LogP contribution < -0.4 is 19.8 Å². The molecule has 9 nitrogen and oxygen atoms in total. The van der Waals surface area contributed by atoms with Gasteiger partial charge in [-0.2, -0.15) is 19.8 Å². The van der Waals surface area contributed by atoms with Crippen molar-refractivity contribution in [3.8, 4) is 6.01 Å². The molecular formula is C23H26N6O3. The Bertz CT molecular complexity index is 1070. The lowest BCUT2D eigenvalue weighted by Crippen LogP contribution is -2.36. The molecule has 3 heterocycles. The summed E-state index contributed by atoms with van der Waals surface area (Å²) in [5, 5.41) is 16.1. The molecule has 0 atom stereocenters. The zero-order valence-electron chi connectivity index (χ0n) is 18.0. The summed E-state index contributed by atoms with van der Waals surface area (Å²) >= 11 is 0. The molecule has 32 heavy (non-hydrogen) atoms. The molecule has 1 N–H and O–H groups in total. The normalized spacial score (nSPS) is 14.0. The minimum atomic E-state index is 0.232. The van der Waals surface area contributed by atoms with Crippen molar-refractivity contribution in [3.63, 3.8) is 0 Å². The predicted octanol–water partition coefficient (Wildman–Crippen LogP) is 2.32. The van der Waals surface area contributed by atoms with Crippen molar-refractivity contribution in [2.24, 2.45) is 5.10 Å². The summed E-state index contributed by atoms with van der Waals surface area (Å²) in [5.41, 5.74) is 5.76. The van der Waals surface area contributed by atoms with E-state index in [0.717, 1.165) is 29.2 Å². The first-order chi connectivity index (χ1) is 15.7. The number of pyridine rings is 1. The van der Waals surface area contributed by atoms with Crippen LogP contribution in [0.4, 0.5) is 11.6 Å². The molecule has 9 heteroatoms. The summed E-state index contributed by atoms with van der Waals surface area (Å²) in [7, 11) is 0. The zero-order chi connectivity index (χ0) is 22.2. The Morgan fingerprint density at radius 3 is 2.88 bits per heavy atom. The third-order valence-corrected chi connectivity index (χ3v) is 4.96. The van der Waals surface area contributed by atoms with Crippen LogP contribution in [0.15, 0.2) is 59.8 Å². The van der Waals surface area contributed by atoms with E-state index in [-0.39, 0.29) is 12.6 Å². The summed E-state index contributed by atoms with van der Waals surface area (Å²) in [6.45, 7) is 5.09. The third-order valence-electron chi connectivity index (χ3n) is 4.96. The molecule has 0 spiro atoms. The summed E-state index contributed by atoms with van der Waals surface area (Å²) in [6, 6.07) is 15.4. The predicted molar refractivity (Wildman–Crippen MR) is 122 cm³/mol. The maximum absolute atomic E-state index is 11.8. The molecule has 0 radical (unpaired) electrons. The number of nitrogens with zero attached hydrogens (tertiary/aromatic N) is 5. The first-order valence-electron chi connectivity index (χ1n) is 10.5. The number of hydrazone groups is 1. The lowest BCUT2D eigenvalue weighted by atomic mass is 10.2. The topological polar surface area (TPSA) is 98.8 Å². The van der Waals surface area contributed by atoms with Gasteiger partial charge in [0.25, 0.3) is 0 Å². The van der Waals surface area contributed by atoms with Gasteiger partial charge >= 0.3 is 6.01 Å². The van der Waals surface area contributed by atoms with Crippen molar-refractivity contribution >= 4 is 17.9 Å². The molecule has 3 aromatic rings. The number of benzene rings is 1. The molecule has 1 saturated heterocycles. The molecule has 0 amide bonds. The molecule has 1 aliphatic rings. The van der Waals surface area contributed by atoms with Gasteiger partial charge < -0.3 is 19.6 Å². The van der Waals surface area contributed by atoms with E-state index in [1.165, 1.54) is 11.8 Å². The average molecular weight is 435 g/mol. The summed E-state index contributed by atoms with van der Waals surface area (Å²) < 4.78 is 12.1.